The molecule has 0 bridgehead atoms. The lowest BCUT2D eigenvalue weighted by Gasteiger charge is -2.26. The zero-order chi connectivity index (χ0) is 16.3. The van der Waals surface area contributed by atoms with Crippen LogP contribution in [0.5, 0.6) is 0 Å². The molecular formula is C17H37NO2Si. The lowest BCUT2D eigenvalue weighted by molar-refractivity contribution is -0.145. The second-order valence-corrected chi connectivity index (χ2v) is 10.1. The van der Waals surface area contributed by atoms with Crippen LogP contribution in [0.4, 0.5) is 0 Å². The molecule has 3 nitrogen and oxygen atoms in total. The van der Waals surface area contributed by atoms with Gasteiger partial charge >= 0.3 is 5.97 Å². The van der Waals surface area contributed by atoms with Crippen LogP contribution in [0.15, 0.2) is 0 Å². The fourth-order valence-electron chi connectivity index (χ4n) is 2.76. The average Bonchev–Trinajstić information content (AvgIpc) is 2.33. The third-order valence-corrected chi connectivity index (χ3v) is 5.90. The van der Waals surface area contributed by atoms with E-state index in [0.29, 0.717) is 0 Å². The van der Waals surface area contributed by atoms with Gasteiger partial charge in [0, 0.05) is 0 Å². The van der Waals surface area contributed by atoms with Crippen LogP contribution >= 0.6 is 0 Å². The molecule has 0 saturated heterocycles. The van der Waals surface area contributed by atoms with Crippen LogP contribution in [-0.2, 0) is 4.79 Å². The summed E-state index contributed by atoms with van der Waals surface area (Å²) >= 11 is 0. The Morgan fingerprint density at radius 2 is 1.48 bits per heavy atom. The van der Waals surface area contributed by atoms with Gasteiger partial charge in [-0.2, -0.15) is 0 Å². The summed E-state index contributed by atoms with van der Waals surface area (Å²) in [6.45, 7) is 6.09. The highest BCUT2D eigenvalue weighted by Crippen LogP contribution is 2.30. The standard InChI is InChI=1S/C17H37NO2Si/c1-17(2,3)15(16(19)20)13-11-9-7-6-8-10-12-14-21-18(4)5/h15H,6-14,21H2,1-5H3,(H,19,20). The number of carbonyl (C=O) groups is 1. The molecule has 0 fully saturated rings. The number of carboxylic acid groups (broad SMARTS) is 1. The normalized spacial score (nSPS) is 14.2. The topological polar surface area (TPSA) is 40.5 Å². The van der Waals surface area contributed by atoms with E-state index in [2.05, 4.69) is 18.7 Å². The molecular weight excluding hydrogens is 278 g/mol. The van der Waals surface area contributed by atoms with E-state index in [-0.39, 0.29) is 21.0 Å². The predicted molar refractivity (Wildman–Crippen MR) is 94.6 cm³/mol. The Kier molecular flexibility index (Phi) is 11.1. The van der Waals surface area contributed by atoms with Gasteiger partial charge in [-0.25, -0.2) is 0 Å². The molecule has 21 heavy (non-hydrogen) atoms. The molecule has 0 aliphatic rings. The fourth-order valence-corrected chi connectivity index (χ4v) is 3.97. The third-order valence-electron chi connectivity index (χ3n) is 4.19. The Morgan fingerprint density at radius 3 is 1.90 bits per heavy atom. The minimum atomic E-state index is -0.632. The van der Waals surface area contributed by atoms with E-state index in [1.807, 2.05) is 20.8 Å². The average molecular weight is 316 g/mol. The summed E-state index contributed by atoms with van der Waals surface area (Å²) in [6.07, 6.45) is 9.78. The molecule has 0 aliphatic heterocycles. The molecule has 1 unspecified atom stereocenters. The van der Waals surface area contributed by atoms with Gasteiger partial charge in [-0.1, -0.05) is 65.7 Å². The van der Waals surface area contributed by atoms with Gasteiger partial charge in [0.15, 0.2) is 0 Å². The maximum absolute atomic E-state index is 11.3. The molecule has 0 amide bonds. The zero-order valence-electron chi connectivity index (χ0n) is 15.0. The summed E-state index contributed by atoms with van der Waals surface area (Å²) in [4.78, 5) is 11.3. The quantitative estimate of drug-likeness (QED) is 0.438. The Morgan fingerprint density at radius 1 is 1.00 bits per heavy atom. The second-order valence-electron chi connectivity index (χ2n) is 7.68. The summed E-state index contributed by atoms with van der Waals surface area (Å²) in [5, 5.41) is 9.27. The Balaban J connectivity index is 3.49. The summed E-state index contributed by atoms with van der Waals surface area (Å²) in [5.74, 6) is -0.832. The number of nitrogens with zero attached hydrogens (tertiary/aromatic N) is 1. The van der Waals surface area contributed by atoms with Crippen molar-refractivity contribution in [2.24, 2.45) is 11.3 Å². The van der Waals surface area contributed by atoms with Crippen LogP contribution in [0, 0.1) is 11.3 Å². The van der Waals surface area contributed by atoms with Crippen molar-refractivity contribution in [3.8, 4) is 0 Å². The number of unbranched alkanes of at least 4 members (excludes halogenated alkanes) is 6. The van der Waals surface area contributed by atoms with Crippen LogP contribution in [0.3, 0.4) is 0 Å². The van der Waals surface area contributed by atoms with Gasteiger partial charge < -0.3 is 9.67 Å². The van der Waals surface area contributed by atoms with E-state index in [1.165, 1.54) is 44.6 Å². The molecule has 4 heteroatoms. The number of aliphatic carboxylic acids is 1. The van der Waals surface area contributed by atoms with E-state index in [0.717, 1.165) is 12.8 Å². The largest absolute Gasteiger partial charge is 0.481 e. The van der Waals surface area contributed by atoms with Gasteiger partial charge in [0.05, 0.1) is 15.6 Å². The molecule has 0 radical (unpaired) electrons. The third kappa shape index (κ3) is 11.9. The first-order valence-electron chi connectivity index (χ1n) is 8.62. The van der Waals surface area contributed by atoms with E-state index < -0.39 is 5.97 Å². The monoisotopic (exact) mass is 315 g/mol. The minimum absolute atomic E-state index is 0.0457. The fraction of sp³-hybridized carbons (Fsp3) is 0.941. The van der Waals surface area contributed by atoms with Gasteiger partial charge in [0.1, 0.15) is 0 Å². The van der Waals surface area contributed by atoms with Gasteiger partial charge in [-0.05, 0) is 32.0 Å². The van der Waals surface area contributed by atoms with E-state index in [1.54, 1.807) is 0 Å². The van der Waals surface area contributed by atoms with Gasteiger partial charge in [0.25, 0.3) is 0 Å². The van der Waals surface area contributed by atoms with Crippen LogP contribution in [-0.4, -0.2) is 39.4 Å². The highest BCUT2D eigenvalue weighted by molar-refractivity contribution is 6.31. The van der Waals surface area contributed by atoms with Crippen LogP contribution in [0.1, 0.15) is 72.1 Å². The number of carboxylic acids is 1. The lowest BCUT2D eigenvalue weighted by atomic mass is 9.78. The number of hydrogen-bond acceptors (Lipinski definition) is 2. The van der Waals surface area contributed by atoms with E-state index >= 15 is 0 Å². The summed E-state index contributed by atoms with van der Waals surface area (Å²) < 4.78 is 2.38. The highest BCUT2D eigenvalue weighted by atomic mass is 28.2. The van der Waals surface area contributed by atoms with Gasteiger partial charge in [-0.15, -0.1) is 0 Å². The van der Waals surface area contributed by atoms with Crippen molar-refractivity contribution in [3.63, 3.8) is 0 Å². The first kappa shape index (κ1) is 20.6. The smallest absolute Gasteiger partial charge is 0.307 e. The predicted octanol–water partition coefficient (Wildman–Crippen LogP) is 3.92. The number of hydrogen-bond donors (Lipinski definition) is 1. The van der Waals surface area contributed by atoms with Crippen molar-refractivity contribution in [3.05, 3.63) is 0 Å². The Labute approximate surface area is 134 Å². The second kappa shape index (κ2) is 11.2. The first-order chi connectivity index (χ1) is 9.75. The van der Waals surface area contributed by atoms with Crippen molar-refractivity contribution in [2.75, 3.05) is 14.1 Å². The molecule has 0 aliphatic carbocycles. The molecule has 0 saturated carbocycles. The van der Waals surface area contributed by atoms with Crippen molar-refractivity contribution >= 4 is 15.7 Å². The Hall–Kier alpha value is -0.353. The van der Waals surface area contributed by atoms with Gasteiger partial charge in [0.2, 0.25) is 0 Å². The summed E-state index contributed by atoms with van der Waals surface area (Å²) in [5.41, 5.74) is -0.123. The molecule has 0 aromatic carbocycles. The van der Waals surface area contributed by atoms with Gasteiger partial charge in [-0.3, -0.25) is 4.79 Å². The summed E-state index contributed by atoms with van der Waals surface area (Å²) in [6, 6.07) is 1.44. The zero-order valence-corrected chi connectivity index (χ0v) is 16.4. The van der Waals surface area contributed by atoms with Crippen molar-refractivity contribution < 1.29 is 9.90 Å². The first-order valence-corrected chi connectivity index (χ1v) is 10.3. The van der Waals surface area contributed by atoms with Crippen molar-refractivity contribution in [1.29, 1.82) is 0 Å². The molecule has 0 heterocycles. The lowest BCUT2D eigenvalue weighted by Crippen LogP contribution is -2.28. The van der Waals surface area contributed by atoms with Crippen LogP contribution in [0.2, 0.25) is 6.04 Å². The molecule has 126 valence electrons. The van der Waals surface area contributed by atoms with Crippen molar-refractivity contribution in [1.82, 2.24) is 4.57 Å². The molecule has 0 rings (SSSR count). The van der Waals surface area contributed by atoms with Crippen LogP contribution < -0.4 is 0 Å². The van der Waals surface area contributed by atoms with E-state index in [9.17, 15) is 9.90 Å². The Bertz CT molecular complexity index is 274. The summed E-state index contributed by atoms with van der Waals surface area (Å²) in [7, 11) is 4.42. The minimum Gasteiger partial charge on any atom is -0.481 e. The number of rotatable bonds is 12. The maximum Gasteiger partial charge on any atom is 0.307 e. The molecule has 0 aromatic rings. The van der Waals surface area contributed by atoms with E-state index in [4.69, 9.17) is 0 Å². The molecule has 0 aromatic heterocycles. The van der Waals surface area contributed by atoms with Crippen molar-refractivity contribution in [2.45, 2.75) is 78.2 Å². The molecule has 1 N–H and O–H groups in total. The maximum atomic E-state index is 11.3. The molecule has 1 atom stereocenters. The highest BCUT2D eigenvalue weighted by Gasteiger charge is 2.30. The molecule has 0 spiro atoms. The SMILES string of the molecule is CN(C)[SiH2]CCCCCCCCCC(C(=O)O)C(C)(C)C. The van der Waals surface area contributed by atoms with Crippen LogP contribution in [0.25, 0.3) is 0 Å².